The first kappa shape index (κ1) is 24.1. The number of piperidine rings is 1. The van der Waals surface area contributed by atoms with Gasteiger partial charge < -0.3 is 15.4 Å². The molecule has 35 heavy (non-hydrogen) atoms. The van der Waals surface area contributed by atoms with Crippen molar-refractivity contribution in [1.82, 2.24) is 5.32 Å². The molecule has 0 saturated carbocycles. The first-order valence-corrected chi connectivity index (χ1v) is 10.7. The number of ether oxygens (including phenoxy) is 1. The normalized spacial score (nSPS) is 15.9. The van der Waals surface area contributed by atoms with Crippen molar-refractivity contribution in [2.45, 2.75) is 31.8 Å². The third-order valence-corrected chi connectivity index (χ3v) is 5.42. The van der Waals surface area contributed by atoms with Crippen LogP contribution in [0.1, 0.15) is 18.4 Å². The van der Waals surface area contributed by atoms with Crippen LogP contribution in [0.4, 0.5) is 28.9 Å². The molecule has 1 heterocycles. The summed E-state index contributed by atoms with van der Waals surface area (Å²) in [5.41, 5.74) is 3.28. The molecule has 0 spiro atoms. The number of halogens is 4. The minimum atomic E-state index is -4.85. The molecule has 1 fully saturated rings. The van der Waals surface area contributed by atoms with Crippen LogP contribution in [-0.2, 0) is 16.1 Å². The van der Waals surface area contributed by atoms with E-state index >= 15 is 0 Å². The molecule has 1 aliphatic heterocycles. The molecule has 3 aromatic rings. The van der Waals surface area contributed by atoms with Crippen LogP contribution < -0.4 is 20.7 Å². The van der Waals surface area contributed by atoms with Gasteiger partial charge in [0.15, 0.2) is 0 Å². The second-order valence-electron chi connectivity index (χ2n) is 7.96. The van der Waals surface area contributed by atoms with E-state index in [2.05, 4.69) is 20.7 Å². The Morgan fingerprint density at radius 3 is 2.14 bits per heavy atom. The van der Waals surface area contributed by atoms with Crippen LogP contribution in [0.3, 0.4) is 0 Å². The summed E-state index contributed by atoms with van der Waals surface area (Å²) in [5, 5.41) is 8.41. The zero-order chi connectivity index (χ0) is 25.0. The molecule has 0 aromatic heterocycles. The zero-order valence-corrected chi connectivity index (χ0v) is 18.3. The minimum Gasteiger partial charge on any atom is -0.406 e. The van der Waals surface area contributed by atoms with Gasteiger partial charge in [0.1, 0.15) is 17.6 Å². The Labute approximate surface area is 198 Å². The van der Waals surface area contributed by atoms with Crippen LogP contribution in [0.25, 0.3) is 11.1 Å². The molecule has 0 unspecified atom stereocenters. The Balaban J connectivity index is 1.36. The van der Waals surface area contributed by atoms with Gasteiger partial charge in [-0.05, 0) is 60.0 Å². The Bertz CT molecular complexity index is 1210. The molecule has 3 N–H and O–H groups in total. The largest absolute Gasteiger partial charge is 0.573 e. The predicted octanol–water partition coefficient (Wildman–Crippen LogP) is 5.22. The van der Waals surface area contributed by atoms with E-state index in [1.807, 2.05) is 36.4 Å². The molecule has 3 aromatic carbocycles. The Kier molecular flexibility index (Phi) is 6.90. The van der Waals surface area contributed by atoms with Gasteiger partial charge in [0.05, 0.1) is 0 Å². The molecule has 182 valence electrons. The maximum Gasteiger partial charge on any atom is 0.573 e. The molecule has 1 saturated heterocycles. The van der Waals surface area contributed by atoms with Crippen LogP contribution >= 0.6 is 0 Å². The molecule has 2 amide bonds. The van der Waals surface area contributed by atoms with Gasteiger partial charge in [0.25, 0.3) is 0 Å². The number of imide groups is 1. The van der Waals surface area contributed by atoms with Gasteiger partial charge >= 0.3 is 6.36 Å². The third-order valence-electron chi connectivity index (χ3n) is 5.42. The highest BCUT2D eigenvalue weighted by atomic mass is 19.4. The summed E-state index contributed by atoms with van der Waals surface area (Å²) in [6.07, 6.45) is -4.12. The highest BCUT2D eigenvalue weighted by Crippen LogP contribution is 2.27. The molecule has 1 atom stereocenters. The molecule has 4 rings (SSSR count). The standard InChI is InChI=1S/C25H21F4N3O3/c26-21-10-9-20(35-25(27,28)29)13-17(21)14-30-18-5-1-15(2-6-18)16-3-7-19(8-4-16)31-22-11-12-23(33)32-24(22)34/h1-10,13,22,30-31H,11-12,14H2,(H,32,33,34)/t22-/m1/s1. The van der Waals surface area contributed by atoms with Crippen LogP contribution in [0.2, 0.25) is 0 Å². The SMILES string of the molecule is O=C1CC[C@@H](Nc2ccc(-c3ccc(NCc4cc(OC(F)(F)F)ccc4F)cc3)cc2)C(=O)N1. The summed E-state index contributed by atoms with van der Waals surface area (Å²) in [4.78, 5) is 23.2. The van der Waals surface area contributed by atoms with Crippen molar-refractivity contribution in [1.29, 1.82) is 0 Å². The van der Waals surface area contributed by atoms with Gasteiger partial charge in [0.2, 0.25) is 11.8 Å². The highest BCUT2D eigenvalue weighted by molar-refractivity contribution is 6.01. The lowest BCUT2D eigenvalue weighted by Gasteiger charge is -2.22. The van der Waals surface area contributed by atoms with Gasteiger partial charge in [0, 0.05) is 29.9 Å². The topological polar surface area (TPSA) is 79.5 Å². The van der Waals surface area contributed by atoms with Crippen molar-refractivity contribution >= 4 is 23.2 Å². The number of hydrogen-bond donors (Lipinski definition) is 3. The summed E-state index contributed by atoms with van der Waals surface area (Å²) in [6, 6.07) is 17.1. The van der Waals surface area contributed by atoms with Crippen molar-refractivity contribution in [3.05, 3.63) is 78.1 Å². The monoisotopic (exact) mass is 487 g/mol. The van der Waals surface area contributed by atoms with E-state index in [0.717, 1.165) is 35.0 Å². The van der Waals surface area contributed by atoms with Crippen LogP contribution in [0, 0.1) is 5.82 Å². The van der Waals surface area contributed by atoms with Crippen LogP contribution in [0.15, 0.2) is 66.7 Å². The van der Waals surface area contributed by atoms with Gasteiger partial charge in [-0.2, -0.15) is 0 Å². The lowest BCUT2D eigenvalue weighted by atomic mass is 10.0. The van der Waals surface area contributed by atoms with E-state index in [1.54, 1.807) is 12.1 Å². The molecular weight excluding hydrogens is 466 g/mol. The van der Waals surface area contributed by atoms with Gasteiger partial charge in [-0.3, -0.25) is 14.9 Å². The van der Waals surface area contributed by atoms with Crippen molar-refractivity contribution in [3.63, 3.8) is 0 Å². The molecular formula is C25H21F4N3O3. The number of carbonyl (C=O) groups excluding carboxylic acids is 2. The minimum absolute atomic E-state index is 0.0268. The van der Waals surface area contributed by atoms with E-state index in [9.17, 15) is 27.2 Å². The number of alkyl halides is 3. The van der Waals surface area contributed by atoms with Gasteiger partial charge in [-0.15, -0.1) is 13.2 Å². The second-order valence-corrected chi connectivity index (χ2v) is 7.96. The summed E-state index contributed by atoms with van der Waals surface area (Å²) in [5.74, 6) is -1.74. The summed E-state index contributed by atoms with van der Waals surface area (Å²) < 4.78 is 55.0. The summed E-state index contributed by atoms with van der Waals surface area (Å²) in [6.45, 7) is -0.0268. The second kappa shape index (κ2) is 10.0. The quantitative estimate of drug-likeness (QED) is 0.315. The average molecular weight is 487 g/mol. The molecule has 0 aliphatic carbocycles. The fourth-order valence-corrected chi connectivity index (χ4v) is 3.65. The first-order chi connectivity index (χ1) is 16.7. The highest BCUT2D eigenvalue weighted by Gasteiger charge is 2.31. The lowest BCUT2D eigenvalue weighted by molar-refractivity contribution is -0.274. The fraction of sp³-hybridized carbons (Fsp3) is 0.200. The van der Waals surface area contributed by atoms with E-state index in [-0.39, 0.29) is 23.9 Å². The van der Waals surface area contributed by atoms with E-state index in [0.29, 0.717) is 18.5 Å². The predicted molar refractivity (Wildman–Crippen MR) is 122 cm³/mol. The average Bonchev–Trinajstić information content (AvgIpc) is 2.81. The smallest absolute Gasteiger partial charge is 0.406 e. The Morgan fingerprint density at radius 2 is 1.54 bits per heavy atom. The first-order valence-electron chi connectivity index (χ1n) is 10.7. The number of anilines is 2. The van der Waals surface area contributed by atoms with E-state index in [4.69, 9.17) is 0 Å². The Morgan fingerprint density at radius 1 is 0.914 bits per heavy atom. The van der Waals surface area contributed by atoms with Gasteiger partial charge in [-0.1, -0.05) is 24.3 Å². The Hall–Kier alpha value is -4.08. The third kappa shape index (κ3) is 6.50. The number of amides is 2. The maximum atomic E-state index is 14.0. The number of hydrogen-bond acceptors (Lipinski definition) is 5. The number of nitrogens with one attached hydrogen (secondary N) is 3. The molecule has 10 heteroatoms. The number of rotatable bonds is 7. The maximum absolute atomic E-state index is 14.0. The number of carbonyl (C=O) groups is 2. The van der Waals surface area contributed by atoms with Crippen LogP contribution in [-0.4, -0.2) is 24.2 Å². The zero-order valence-electron chi connectivity index (χ0n) is 18.3. The molecule has 0 bridgehead atoms. The van der Waals surface area contributed by atoms with Crippen molar-refractivity contribution in [2.24, 2.45) is 0 Å². The van der Waals surface area contributed by atoms with Gasteiger partial charge in [-0.25, -0.2) is 4.39 Å². The fourth-order valence-electron chi connectivity index (χ4n) is 3.65. The molecule has 1 aliphatic rings. The van der Waals surface area contributed by atoms with Crippen molar-refractivity contribution in [2.75, 3.05) is 10.6 Å². The summed E-state index contributed by atoms with van der Waals surface area (Å²) >= 11 is 0. The number of benzene rings is 3. The molecule has 0 radical (unpaired) electrons. The van der Waals surface area contributed by atoms with E-state index < -0.39 is 24.0 Å². The summed E-state index contributed by atoms with van der Waals surface area (Å²) in [7, 11) is 0. The van der Waals surface area contributed by atoms with E-state index in [1.165, 1.54) is 0 Å². The molecule has 6 nitrogen and oxygen atoms in total. The van der Waals surface area contributed by atoms with Crippen LogP contribution in [0.5, 0.6) is 5.75 Å². The lowest BCUT2D eigenvalue weighted by Crippen LogP contribution is -2.47. The van der Waals surface area contributed by atoms with Crippen molar-refractivity contribution < 1.29 is 31.9 Å². The van der Waals surface area contributed by atoms with Crippen molar-refractivity contribution in [3.8, 4) is 16.9 Å².